The molecule has 0 aromatic carbocycles. The quantitative estimate of drug-likeness (QED) is 0.855. The summed E-state index contributed by atoms with van der Waals surface area (Å²) < 4.78 is 6.15. The fourth-order valence-corrected chi connectivity index (χ4v) is 5.45. The van der Waals surface area contributed by atoms with E-state index in [-0.39, 0.29) is 35.6 Å². The Kier molecular flexibility index (Phi) is 4.88. The van der Waals surface area contributed by atoms with E-state index in [1.807, 2.05) is 4.90 Å². The van der Waals surface area contributed by atoms with Crippen LogP contribution in [0, 0.1) is 5.41 Å². The number of ether oxygens (including phenoxy) is 1. The van der Waals surface area contributed by atoms with Gasteiger partial charge in [-0.15, -0.1) is 11.3 Å². The first-order valence-corrected chi connectivity index (χ1v) is 10.6. The third kappa shape index (κ3) is 3.21. The molecule has 3 fully saturated rings. The van der Waals surface area contributed by atoms with Crippen molar-refractivity contribution in [3.8, 4) is 0 Å². The number of nitrogens with zero attached hydrogens (tertiary/aromatic N) is 2. The molecule has 26 heavy (non-hydrogen) atoms. The van der Waals surface area contributed by atoms with Gasteiger partial charge in [-0.2, -0.15) is 0 Å². The van der Waals surface area contributed by atoms with Crippen molar-refractivity contribution < 1.29 is 14.6 Å². The van der Waals surface area contributed by atoms with Crippen molar-refractivity contribution in [3.05, 3.63) is 22.4 Å². The van der Waals surface area contributed by atoms with Crippen molar-refractivity contribution in [2.75, 3.05) is 26.3 Å². The zero-order chi connectivity index (χ0) is 18.4. The van der Waals surface area contributed by atoms with E-state index >= 15 is 0 Å². The zero-order valence-corrected chi connectivity index (χ0v) is 16.6. The van der Waals surface area contributed by atoms with Crippen LogP contribution in [-0.2, 0) is 16.1 Å². The first kappa shape index (κ1) is 18.4. The molecule has 5 nitrogen and oxygen atoms in total. The van der Waals surface area contributed by atoms with E-state index in [2.05, 4.69) is 36.3 Å². The van der Waals surface area contributed by atoms with Crippen LogP contribution < -0.4 is 0 Å². The summed E-state index contributed by atoms with van der Waals surface area (Å²) in [6.07, 6.45) is 4.05. The van der Waals surface area contributed by atoms with Crippen LogP contribution in [0.25, 0.3) is 0 Å². The first-order chi connectivity index (χ1) is 12.4. The number of hydrogen-bond acceptors (Lipinski definition) is 5. The van der Waals surface area contributed by atoms with Gasteiger partial charge in [0.2, 0.25) is 5.91 Å². The summed E-state index contributed by atoms with van der Waals surface area (Å²) in [4.78, 5) is 18.5. The lowest BCUT2D eigenvalue weighted by Gasteiger charge is -2.56. The molecule has 1 saturated carbocycles. The van der Waals surface area contributed by atoms with Crippen LogP contribution in [0.15, 0.2) is 17.5 Å². The Labute approximate surface area is 159 Å². The molecule has 1 amide bonds. The van der Waals surface area contributed by atoms with Crippen LogP contribution in [-0.4, -0.2) is 64.8 Å². The summed E-state index contributed by atoms with van der Waals surface area (Å²) in [6, 6.07) is 4.25. The highest BCUT2D eigenvalue weighted by Crippen LogP contribution is 2.43. The Bertz CT molecular complexity index is 641. The minimum absolute atomic E-state index is 0.0129. The number of likely N-dealkylation sites (tertiary alicyclic amines) is 1. The second kappa shape index (κ2) is 6.89. The standard InChI is InChI=1S/C20H30N2O3S/c1-19(2)13-22(17(19)12-23)18(24)9-15-10-21(11-16-5-3-8-26-16)20(14-25-15)6-4-7-20/h3,5,8,15,17,23H,4,6-7,9-14H2,1-2H3. The van der Waals surface area contributed by atoms with Gasteiger partial charge in [0, 0.05) is 35.5 Å². The van der Waals surface area contributed by atoms with Crippen LogP contribution in [0.2, 0.25) is 0 Å². The predicted octanol–water partition coefficient (Wildman–Crippen LogP) is 2.49. The fourth-order valence-electron chi connectivity index (χ4n) is 4.73. The Morgan fingerprint density at radius 3 is 2.81 bits per heavy atom. The monoisotopic (exact) mass is 378 g/mol. The number of rotatable bonds is 5. The van der Waals surface area contributed by atoms with Crippen molar-refractivity contribution in [1.29, 1.82) is 0 Å². The van der Waals surface area contributed by atoms with Gasteiger partial charge in [0.1, 0.15) is 0 Å². The number of aliphatic hydroxyl groups is 1. The van der Waals surface area contributed by atoms with E-state index in [9.17, 15) is 9.90 Å². The molecule has 1 aromatic heterocycles. The summed E-state index contributed by atoms with van der Waals surface area (Å²) in [5.41, 5.74) is 0.203. The number of thiophene rings is 1. The van der Waals surface area contributed by atoms with E-state index in [1.165, 1.54) is 24.1 Å². The number of amides is 1. The third-order valence-electron chi connectivity index (χ3n) is 6.65. The summed E-state index contributed by atoms with van der Waals surface area (Å²) in [7, 11) is 0. The molecule has 3 heterocycles. The van der Waals surface area contributed by atoms with Gasteiger partial charge in [0.05, 0.1) is 31.8 Å². The largest absolute Gasteiger partial charge is 0.394 e. The van der Waals surface area contributed by atoms with Crippen LogP contribution >= 0.6 is 11.3 Å². The summed E-state index contributed by atoms with van der Waals surface area (Å²) in [5, 5.41) is 11.7. The first-order valence-electron chi connectivity index (χ1n) is 9.73. The maximum atomic E-state index is 12.7. The van der Waals surface area contributed by atoms with Crippen molar-refractivity contribution >= 4 is 17.2 Å². The van der Waals surface area contributed by atoms with Crippen LogP contribution in [0.5, 0.6) is 0 Å². The highest BCUT2D eigenvalue weighted by atomic mass is 32.1. The summed E-state index contributed by atoms with van der Waals surface area (Å²) in [5.74, 6) is 0.119. The lowest BCUT2D eigenvalue weighted by atomic mass is 9.74. The Balaban J connectivity index is 1.38. The Morgan fingerprint density at radius 2 is 2.23 bits per heavy atom. The normalized spacial score (nSPS) is 30.0. The fraction of sp³-hybridized carbons (Fsp3) is 0.750. The average molecular weight is 379 g/mol. The number of carbonyl (C=O) groups is 1. The van der Waals surface area contributed by atoms with Crippen molar-refractivity contribution in [1.82, 2.24) is 9.80 Å². The molecule has 2 saturated heterocycles. The molecule has 1 N–H and O–H groups in total. The van der Waals surface area contributed by atoms with Crippen molar-refractivity contribution in [2.24, 2.45) is 5.41 Å². The molecule has 6 heteroatoms. The van der Waals surface area contributed by atoms with Gasteiger partial charge in [-0.05, 0) is 30.7 Å². The van der Waals surface area contributed by atoms with Gasteiger partial charge in [-0.3, -0.25) is 9.69 Å². The summed E-state index contributed by atoms with van der Waals surface area (Å²) in [6.45, 7) is 7.51. The molecule has 2 aliphatic heterocycles. The third-order valence-corrected chi connectivity index (χ3v) is 7.51. The molecule has 4 rings (SSSR count). The van der Waals surface area contributed by atoms with Gasteiger partial charge in [0.25, 0.3) is 0 Å². The second-order valence-electron chi connectivity index (χ2n) is 8.88. The van der Waals surface area contributed by atoms with Crippen LogP contribution in [0.1, 0.15) is 44.4 Å². The molecule has 1 aromatic rings. The van der Waals surface area contributed by atoms with Crippen LogP contribution in [0.4, 0.5) is 0 Å². The number of carbonyl (C=O) groups excluding carboxylic acids is 1. The smallest absolute Gasteiger partial charge is 0.225 e. The molecule has 0 radical (unpaired) electrons. The highest BCUT2D eigenvalue weighted by molar-refractivity contribution is 7.09. The average Bonchev–Trinajstić information content (AvgIpc) is 3.05. The lowest BCUT2D eigenvalue weighted by Crippen LogP contribution is -2.66. The molecule has 3 aliphatic rings. The van der Waals surface area contributed by atoms with E-state index in [1.54, 1.807) is 11.3 Å². The maximum Gasteiger partial charge on any atom is 0.225 e. The van der Waals surface area contributed by atoms with Crippen molar-refractivity contribution in [3.63, 3.8) is 0 Å². The van der Waals surface area contributed by atoms with E-state index in [4.69, 9.17) is 4.74 Å². The van der Waals surface area contributed by atoms with Gasteiger partial charge < -0.3 is 14.7 Å². The maximum absolute atomic E-state index is 12.7. The van der Waals surface area contributed by atoms with Crippen LogP contribution in [0.3, 0.4) is 0 Å². The highest BCUT2D eigenvalue weighted by Gasteiger charge is 2.50. The number of aliphatic hydroxyl groups excluding tert-OH is 1. The molecule has 0 bridgehead atoms. The number of morpholine rings is 1. The van der Waals surface area contributed by atoms with Gasteiger partial charge in [-0.1, -0.05) is 19.9 Å². The minimum atomic E-state index is -0.0567. The zero-order valence-electron chi connectivity index (χ0n) is 15.8. The minimum Gasteiger partial charge on any atom is -0.394 e. The number of hydrogen-bond donors (Lipinski definition) is 1. The lowest BCUT2D eigenvalue weighted by molar-refractivity contribution is -0.170. The molecule has 1 aliphatic carbocycles. The predicted molar refractivity (Wildman–Crippen MR) is 102 cm³/mol. The van der Waals surface area contributed by atoms with Crippen molar-refractivity contribution in [2.45, 2.75) is 63.8 Å². The molecular formula is C20H30N2O3S. The Morgan fingerprint density at radius 1 is 1.42 bits per heavy atom. The molecule has 2 unspecified atom stereocenters. The van der Waals surface area contributed by atoms with Gasteiger partial charge in [0.15, 0.2) is 0 Å². The molecule has 144 valence electrons. The van der Waals surface area contributed by atoms with E-state index in [0.717, 1.165) is 26.2 Å². The topological polar surface area (TPSA) is 53.0 Å². The SMILES string of the molecule is CC1(C)CN(C(=O)CC2CN(Cc3cccs3)C3(CCC3)CO2)C1CO. The molecule has 2 atom stereocenters. The van der Waals surface area contributed by atoms with E-state index in [0.29, 0.717) is 6.42 Å². The van der Waals surface area contributed by atoms with E-state index < -0.39 is 0 Å². The second-order valence-corrected chi connectivity index (χ2v) is 9.92. The van der Waals surface area contributed by atoms with Gasteiger partial charge >= 0.3 is 0 Å². The molecular weight excluding hydrogens is 348 g/mol. The Hall–Kier alpha value is -0.950. The van der Waals surface area contributed by atoms with Gasteiger partial charge in [-0.25, -0.2) is 0 Å². The summed E-state index contributed by atoms with van der Waals surface area (Å²) >= 11 is 1.80. The molecule has 1 spiro atoms.